The molecule has 51 heavy (non-hydrogen) atoms. The number of carbonyl (C=O) groups is 2. The van der Waals surface area contributed by atoms with Crippen molar-refractivity contribution in [1.82, 2.24) is 18.9 Å². The zero-order chi connectivity index (χ0) is 36.6. The minimum absolute atomic E-state index is 0.117. The van der Waals surface area contributed by atoms with Gasteiger partial charge in [0, 0.05) is 59.3 Å². The predicted octanol–water partition coefficient (Wildman–Crippen LogP) is 9.31. The molecule has 1 aliphatic rings. The van der Waals surface area contributed by atoms with Gasteiger partial charge < -0.3 is 19.0 Å². The van der Waals surface area contributed by atoms with Gasteiger partial charge >= 0.3 is 5.97 Å². The van der Waals surface area contributed by atoms with Crippen LogP contribution in [0.25, 0.3) is 32.9 Å². The molecule has 11 heteroatoms. The van der Waals surface area contributed by atoms with Crippen LogP contribution in [-0.4, -0.2) is 49.0 Å². The van der Waals surface area contributed by atoms with Crippen LogP contribution in [0.3, 0.4) is 0 Å². The number of hydrogen-bond donors (Lipinski definition) is 1. The Kier molecular flexibility index (Phi) is 8.71. The van der Waals surface area contributed by atoms with Crippen molar-refractivity contribution in [2.45, 2.75) is 60.4 Å². The maximum atomic E-state index is 15.0. The van der Waals surface area contributed by atoms with Crippen LogP contribution in [0.15, 0.2) is 42.5 Å². The smallest absolute Gasteiger partial charge is 0.335 e. The van der Waals surface area contributed by atoms with Crippen LogP contribution in [-0.2, 0) is 20.5 Å². The highest BCUT2D eigenvalue weighted by atomic mass is 35.5. The largest absolute Gasteiger partial charge is 0.494 e. The lowest BCUT2D eigenvalue weighted by Gasteiger charge is -2.34. The van der Waals surface area contributed by atoms with E-state index < -0.39 is 5.97 Å². The molecule has 4 heterocycles. The van der Waals surface area contributed by atoms with E-state index in [2.05, 4.69) is 11.5 Å². The second-order valence-electron chi connectivity index (χ2n) is 13.9. The molecule has 0 aliphatic carbocycles. The summed E-state index contributed by atoms with van der Waals surface area (Å²) in [6, 6.07) is 13.0. The van der Waals surface area contributed by atoms with E-state index in [0.29, 0.717) is 42.5 Å². The Morgan fingerprint density at radius 3 is 2.31 bits per heavy atom. The highest BCUT2D eigenvalue weighted by molar-refractivity contribution is 6.35. The number of carboxylic acids is 1. The minimum Gasteiger partial charge on any atom is -0.494 e. The van der Waals surface area contributed by atoms with Crippen LogP contribution in [0.2, 0.25) is 10.0 Å². The molecule has 0 spiro atoms. The molecule has 1 atom stereocenters. The number of ether oxygens (including phenoxy) is 1. The van der Waals surface area contributed by atoms with E-state index in [-0.39, 0.29) is 17.5 Å². The Bertz CT molecular complexity index is 2410. The van der Waals surface area contributed by atoms with E-state index in [1.165, 1.54) is 0 Å². The van der Waals surface area contributed by atoms with Crippen molar-refractivity contribution in [2.24, 2.45) is 14.1 Å². The first-order chi connectivity index (χ1) is 24.2. The Morgan fingerprint density at radius 2 is 1.67 bits per heavy atom. The summed E-state index contributed by atoms with van der Waals surface area (Å²) >= 11 is 13.5. The average Bonchev–Trinajstić information content (AvgIpc) is 3.68. The number of nitrogens with zero attached hydrogens (tertiary/aromatic N) is 5. The number of aromatic nitrogens is 4. The summed E-state index contributed by atoms with van der Waals surface area (Å²) in [6.07, 6.45) is 1.27. The normalized spacial score (nSPS) is 14.6. The van der Waals surface area contributed by atoms with E-state index >= 15 is 0 Å². The van der Waals surface area contributed by atoms with Crippen molar-refractivity contribution in [3.8, 4) is 16.9 Å². The number of aromatic carboxylic acids is 1. The molecule has 3 aromatic carbocycles. The maximum absolute atomic E-state index is 15.0. The van der Waals surface area contributed by atoms with Crippen molar-refractivity contribution < 1.29 is 19.4 Å². The molecular weight excluding hydrogens is 685 g/mol. The Morgan fingerprint density at radius 1 is 0.961 bits per heavy atom. The fourth-order valence-corrected chi connectivity index (χ4v) is 8.39. The number of anilines is 1. The summed E-state index contributed by atoms with van der Waals surface area (Å²) in [5.74, 6) is 0.376. The number of carboxylic acid groups (broad SMARTS) is 1. The molecule has 264 valence electrons. The molecule has 0 saturated carbocycles. The third-order valence-corrected chi connectivity index (χ3v) is 11.3. The molecule has 0 fully saturated rings. The van der Waals surface area contributed by atoms with Gasteiger partial charge in [-0.05, 0) is 113 Å². The topological polar surface area (TPSA) is 94.5 Å². The van der Waals surface area contributed by atoms with Crippen LogP contribution in [0.1, 0.15) is 73.9 Å². The zero-order valence-electron chi connectivity index (χ0n) is 30.1. The van der Waals surface area contributed by atoms with Gasteiger partial charge in [-0.15, -0.1) is 0 Å². The SMILES string of the molecule is Cc1cc(OCCCc2c3n(c4c(-c5c(C)nn(C)c5C)c(Cl)ccc24)[C@H](C)CN(c2cc4cc(C(=O)O)cc(C)c4n2C)C3=O)cc(C)c1Cl. The number of carbonyl (C=O) groups excluding carboxylic acids is 1. The number of rotatable bonds is 8. The second-order valence-corrected chi connectivity index (χ2v) is 14.7. The molecular formula is C40H41Cl2N5O4. The molecule has 0 bridgehead atoms. The molecule has 1 aliphatic heterocycles. The lowest BCUT2D eigenvalue weighted by Crippen LogP contribution is -2.43. The van der Waals surface area contributed by atoms with E-state index in [4.69, 9.17) is 33.0 Å². The number of aryl methyl sites for hydroxylation is 7. The summed E-state index contributed by atoms with van der Waals surface area (Å²) in [5, 5.41) is 17.5. The van der Waals surface area contributed by atoms with Gasteiger partial charge in [-0.3, -0.25) is 14.4 Å². The number of fused-ring (bicyclic) bond motifs is 4. The van der Waals surface area contributed by atoms with Crippen LogP contribution >= 0.6 is 23.2 Å². The first-order valence-electron chi connectivity index (χ1n) is 17.1. The van der Waals surface area contributed by atoms with Crippen molar-refractivity contribution in [2.75, 3.05) is 18.1 Å². The molecule has 0 radical (unpaired) electrons. The van der Waals surface area contributed by atoms with Crippen molar-refractivity contribution in [3.63, 3.8) is 0 Å². The standard InChI is InChI=1S/C40H41Cl2N5O4/c1-20-15-28(16-21(2)35(20)42)51-13-9-10-29-30-11-12-31(41)34(33-24(5)43-45(8)25(33)6)37(30)47-23(4)19-46(39(48)38(29)47)32-18-26-17-27(40(49)50)14-22(3)36(26)44(32)7/h11-12,14-18,23H,9-10,13,19H2,1-8H3,(H,49,50)/t23-/m1/s1. The van der Waals surface area contributed by atoms with Gasteiger partial charge in [0.15, 0.2) is 0 Å². The minimum atomic E-state index is -0.985. The van der Waals surface area contributed by atoms with Gasteiger partial charge in [0.1, 0.15) is 17.3 Å². The molecule has 1 amide bonds. The lowest BCUT2D eigenvalue weighted by molar-refractivity contribution is 0.0696. The first-order valence-corrected chi connectivity index (χ1v) is 17.9. The van der Waals surface area contributed by atoms with Gasteiger partial charge in [0.25, 0.3) is 5.91 Å². The van der Waals surface area contributed by atoms with Crippen molar-refractivity contribution in [1.29, 1.82) is 0 Å². The average molecular weight is 727 g/mol. The molecule has 3 aromatic heterocycles. The van der Waals surface area contributed by atoms with Gasteiger partial charge in [0.2, 0.25) is 0 Å². The second kappa shape index (κ2) is 12.8. The summed E-state index contributed by atoms with van der Waals surface area (Å²) in [6.45, 7) is 12.9. The maximum Gasteiger partial charge on any atom is 0.335 e. The molecule has 0 saturated heterocycles. The van der Waals surface area contributed by atoms with Crippen LogP contribution < -0.4 is 9.64 Å². The van der Waals surface area contributed by atoms with Gasteiger partial charge in [-0.25, -0.2) is 4.79 Å². The Balaban J connectivity index is 1.37. The third-order valence-electron chi connectivity index (χ3n) is 10.4. The molecule has 6 aromatic rings. The highest BCUT2D eigenvalue weighted by Crippen LogP contribution is 2.45. The lowest BCUT2D eigenvalue weighted by atomic mass is 9.98. The molecule has 9 nitrogen and oxygen atoms in total. The van der Waals surface area contributed by atoms with Gasteiger partial charge in [-0.2, -0.15) is 5.10 Å². The first kappa shape index (κ1) is 34.7. The van der Waals surface area contributed by atoms with Crippen LogP contribution in [0.5, 0.6) is 5.75 Å². The van der Waals surface area contributed by atoms with Gasteiger partial charge in [0.05, 0.1) is 33.9 Å². The molecule has 0 unspecified atom stereocenters. The third kappa shape index (κ3) is 5.58. The van der Waals surface area contributed by atoms with E-state index in [1.807, 2.05) is 93.2 Å². The quantitative estimate of drug-likeness (QED) is 0.158. The summed E-state index contributed by atoms with van der Waals surface area (Å²) in [5.41, 5.74) is 10.1. The van der Waals surface area contributed by atoms with E-state index in [0.717, 1.165) is 77.3 Å². The summed E-state index contributed by atoms with van der Waals surface area (Å²) < 4.78 is 12.3. The monoisotopic (exact) mass is 725 g/mol. The molecule has 1 N–H and O–H groups in total. The Labute approximate surface area is 306 Å². The zero-order valence-corrected chi connectivity index (χ0v) is 31.6. The number of halogens is 2. The van der Waals surface area contributed by atoms with Gasteiger partial charge in [-0.1, -0.05) is 29.3 Å². The number of amides is 1. The summed E-state index contributed by atoms with van der Waals surface area (Å²) in [4.78, 5) is 28.7. The van der Waals surface area contributed by atoms with E-state index in [9.17, 15) is 14.7 Å². The fourth-order valence-electron chi connectivity index (χ4n) is 8.03. The predicted molar refractivity (Wildman–Crippen MR) is 204 cm³/mol. The van der Waals surface area contributed by atoms with Crippen LogP contribution in [0, 0.1) is 34.6 Å². The van der Waals surface area contributed by atoms with Crippen molar-refractivity contribution >= 4 is 62.7 Å². The highest BCUT2D eigenvalue weighted by Gasteiger charge is 2.38. The van der Waals surface area contributed by atoms with Crippen molar-refractivity contribution in [3.05, 3.63) is 97.4 Å². The Hall–Kier alpha value is -4.73. The molecule has 7 rings (SSSR count). The number of hydrogen-bond acceptors (Lipinski definition) is 4. The fraction of sp³-hybridized carbons (Fsp3) is 0.325. The van der Waals surface area contributed by atoms with E-state index in [1.54, 1.807) is 12.1 Å². The summed E-state index contributed by atoms with van der Waals surface area (Å²) in [7, 11) is 3.86. The number of benzene rings is 3. The van der Waals surface area contributed by atoms with Crippen LogP contribution in [0.4, 0.5) is 5.82 Å².